The van der Waals surface area contributed by atoms with E-state index in [9.17, 15) is 9.59 Å². The number of likely N-dealkylation sites (tertiary alicyclic amines) is 1. The number of hydrogen-bond acceptors (Lipinski definition) is 3. The topological polar surface area (TPSA) is 87.5 Å². The van der Waals surface area contributed by atoms with E-state index in [4.69, 9.17) is 5.11 Å². The van der Waals surface area contributed by atoms with Gasteiger partial charge in [0.25, 0.3) is 0 Å². The van der Waals surface area contributed by atoms with E-state index >= 15 is 0 Å². The number of anilines is 1. The van der Waals surface area contributed by atoms with Crippen LogP contribution in [0.1, 0.15) is 32.4 Å². The molecule has 1 aromatic heterocycles. The number of carboxylic acid groups (broad SMARTS) is 1. The zero-order valence-electron chi connectivity index (χ0n) is 13.4. The Morgan fingerprint density at radius 1 is 1.50 bits per heavy atom. The standard InChI is InChI=1S/C15H24N4O3/c1-10(2)8-19-11(3)13(7-16-19)17-15(22)18-6-4-5-12(9-18)14(20)21/h7,10,12H,4-6,8-9H2,1-3H3,(H,17,22)(H,20,21). The van der Waals surface area contributed by atoms with Crippen LogP contribution in [0.3, 0.4) is 0 Å². The van der Waals surface area contributed by atoms with Crippen molar-refractivity contribution >= 4 is 17.7 Å². The van der Waals surface area contributed by atoms with Crippen molar-refractivity contribution in [3.8, 4) is 0 Å². The van der Waals surface area contributed by atoms with Gasteiger partial charge in [-0.15, -0.1) is 0 Å². The molecule has 7 nitrogen and oxygen atoms in total. The predicted octanol–water partition coefficient (Wildman–Crippen LogP) is 2.18. The van der Waals surface area contributed by atoms with Crippen LogP contribution in [-0.2, 0) is 11.3 Å². The molecule has 1 aromatic rings. The third-order valence-electron chi connectivity index (χ3n) is 3.94. The number of nitrogens with one attached hydrogen (secondary N) is 1. The van der Waals surface area contributed by atoms with Crippen molar-refractivity contribution in [2.45, 2.75) is 40.2 Å². The molecule has 1 aliphatic rings. The summed E-state index contributed by atoms with van der Waals surface area (Å²) in [7, 11) is 0. The van der Waals surface area contributed by atoms with Crippen LogP contribution in [-0.4, -0.2) is 44.9 Å². The van der Waals surface area contributed by atoms with E-state index in [-0.39, 0.29) is 12.6 Å². The summed E-state index contributed by atoms with van der Waals surface area (Å²) in [4.78, 5) is 24.9. The summed E-state index contributed by atoms with van der Waals surface area (Å²) in [6.45, 7) is 7.79. The Kier molecular flexibility index (Phi) is 5.05. The lowest BCUT2D eigenvalue weighted by Gasteiger charge is -2.30. The van der Waals surface area contributed by atoms with Crippen molar-refractivity contribution in [1.29, 1.82) is 0 Å². The van der Waals surface area contributed by atoms with E-state index in [1.165, 1.54) is 0 Å². The third-order valence-corrected chi connectivity index (χ3v) is 3.94. The van der Waals surface area contributed by atoms with Crippen LogP contribution in [0.15, 0.2) is 6.20 Å². The van der Waals surface area contributed by atoms with Gasteiger partial charge in [-0.05, 0) is 25.7 Å². The van der Waals surface area contributed by atoms with Gasteiger partial charge in [-0.3, -0.25) is 9.48 Å². The molecule has 2 heterocycles. The van der Waals surface area contributed by atoms with Crippen LogP contribution >= 0.6 is 0 Å². The van der Waals surface area contributed by atoms with Gasteiger partial charge < -0.3 is 15.3 Å². The van der Waals surface area contributed by atoms with E-state index in [0.717, 1.165) is 18.7 Å². The molecule has 1 saturated heterocycles. The Morgan fingerprint density at radius 3 is 2.86 bits per heavy atom. The lowest BCUT2D eigenvalue weighted by Crippen LogP contribution is -2.44. The van der Waals surface area contributed by atoms with E-state index in [0.29, 0.717) is 24.6 Å². The molecule has 0 radical (unpaired) electrons. The molecule has 1 fully saturated rings. The highest BCUT2D eigenvalue weighted by Crippen LogP contribution is 2.19. The summed E-state index contributed by atoms with van der Waals surface area (Å²) in [6.07, 6.45) is 2.99. The number of carboxylic acids is 1. The van der Waals surface area contributed by atoms with E-state index in [2.05, 4.69) is 24.3 Å². The van der Waals surface area contributed by atoms with Gasteiger partial charge in [0.2, 0.25) is 0 Å². The summed E-state index contributed by atoms with van der Waals surface area (Å²) >= 11 is 0. The maximum Gasteiger partial charge on any atom is 0.321 e. The molecule has 2 N–H and O–H groups in total. The molecular formula is C15H24N4O3. The molecular weight excluding hydrogens is 284 g/mol. The molecule has 7 heteroatoms. The summed E-state index contributed by atoms with van der Waals surface area (Å²) in [5.74, 6) is -0.830. The number of aromatic nitrogens is 2. The quantitative estimate of drug-likeness (QED) is 0.892. The second-order valence-corrected chi connectivity index (χ2v) is 6.27. The number of carbonyl (C=O) groups is 2. The number of urea groups is 1. The number of hydrogen-bond donors (Lipinski definition) is 2. The zero-order chi connectivity index (χ0) is 16.3. The average Bonchev–Trinajstić information content (AvgIpc) is 2.79. The fourth-order valence-corrected chi connectivity index (χ4v) is 2.66. The lowest BCUT2D eigenvalue weighted by molar-refractivity contribution is -0.143. The van der Waals surface area contributed by atoms with Gasteiger partial charge in [0.05, 0.1) is 23.5 Å². The molecule has 0 spiro atoms. The number of aliphatic carboxylic acids is 1. The molecule has 22 heavy (non-hydrogen) atoms. The summed E-state index contributed by atoms with van der Waals surface area (Å²) < 4.78 is 1.87. The maximum absolute atomic E-state index is 12.3. The minimum atomic E-state index is -0.835. The Labute approximate surface area is 130 Å². The van der Waals surface area contributed by atoms with Gasteiger partial charge in [-0.2, -0.15) is 5.10 Å². The van der Waals surface area contributed by atoms with Gasteiger partial charge in [0.1, 0.15) is 0 Å². The Balaban J connectivity index is 2.00. The third kappa shape index (κ3) is 3.78. The van der Waals surface area contributed by atoms with Crippen LogP contribution in [0.2, 0.25) is 0 Å². The van der Waals surface area contributed by atoms with E-state index < -0.39 is 11.9 Å². The van der Waals surface area contributed by atoms with Crippen LogP contribution in [0.25, 0.3) is 0 Å². The molecule has 1 unspecified atom stereocenters. The summed E-state index contributed by atoms with van der Waals surface area (Å²) in [5.41, 5.74) is 1.59. The lowest BCUT2D eigenvalue weighted by atomic mass is 9.99. The van der Waals surface area contributed by atoms with Crippen molar-refractivity contribution < 1.29 is 14.7 Å². The van der Waals surface area contributed by atoms with Crippen molar-refractivity contribution in [2.75, 3.05) is 18.4 Å². The summed E-state index contributed by atoms with van der Waals surface area (Å²) in [5, 5.41) is 16.2. The molecule has 2 rings (SSSR count). The SMILES string of the molecule is Cc1c(NC(=O)N2CCCC(C(=O)O)C2)cnn1CC(C)C. The highest BCUT2D eigenvalue weighted by atomic mass is 16.4. The molecule has 0 aliphatic carbocycles. The van der Waals surface area contributed by atoms with Gasteiger partial charge in [0.15, 0.2) is 0 Å². The minimum absolute atomic E-state index is 0.252. The number of rotatable bonds is 4. The first-order valence-corrected chi connectivity index (χ1v) is 7.69. The Bertz CT molecular complexity index is 553. The van der Waals surface area contributed by atoms with Gasteiger partial charge in [0, 0.05) is 19.6 Å². The average molecular weight is 308 g/mol. The largest absolute Gasteiger partial charge is 0.481 e. The first kappa shape index (κ1) is 16.3. The second kappa shape index (κ2) is 6.81. The van der Waals surface area contributed by atoms with E-state index in [1.54, 1.807) is 11.1 Å². The van der Waals surface area contributed by atoms with Crippen LogP contribution in [0.5, 0.6) is 0 Å². The monoisotopic (exact) mass is 308 g/mol. The Morgan fingerprint density at radius 2 is 2.23 bits per heavy atom. The summed E-state index contributed by atoms with van der Waals surface area (Å²) in [6, 6.07) is -0.252. The number of piperidine rings is 1. The van der Waals surface area contributed by atoms with Crippen LogP contribution in [0.4, 0.5) is 10.5 Å². The molecule has 0 bridgehead atoms. The van der Waals surface area contributed by atoms with Crippen molar-refractivity contribution in [3.05, 3.63) is 11.9 Å². The van der Waals surface area contributed by atoms with E-state index in [1.807, 2.05) is 11.6 Å². The fraction of sp³-hybridized carbons (Fsp3) is 0.667. The molecule has 1 atom stereocenters. The molecule has 0 saturated carbocycles. The highest BCUT2D eigenvalue weighted by Gasteiger charge is 2.28. The van der Waals surface area contributed by atoms with Gasteiger partial charge in [-0.1, -0.05) is 13.8 Å². The van der Waals surface area contributed by atoms with Gasteiger partial charge in [-0.25, -0.2) is 4.79 Å². The predicted molar refractivity (Wildman–Crippen MR) is 82.8 cm³/mol. The number of nitrogens with zero attached hydrogens (tertiary/aromatic N) is 3. The minimum Gasteiger partial charge on any atom is -0.481 e. The number of amides is 2. The van der Waals surface area contributed by atoms with Gasteiger partial charge >= 0.3 is 12.0 Å². The van der Waals surface area contributed by atoms with Crippen molar-refractivity contribution in [3.63, 3.8) is 0 Å². The van der Waals surface area contributed by atoms with Crippen molar-refractivity contribution in [2.24, 2.45) is 11.8 Å². The normalized spacial score (nSPS) is 18.5. The molecule has 122 valence electrons. The highest BCUT2D eigenvalue weighted by molar-refractivity contribution is 5.90. The van der Waals surface area contributed by atoms with Crippen molar-refractivity contribution in [1.82, 2.24) is 14.7 Å². The molecule has 2 amide bonds. The van der Waals surface area contributed by atoms with Crippen LogP contribution < -0.4 is 5.32 Å². The van der Waals surface area contributed by atoms with Crippen LogP contribution in [0, 0.1) is 18.8 Å². The number of carbonyl (C=O) groups excluding carboxylic acids is 1. The Hall–Kier alpha value is -2.05. The molecule has 0 aromatic carbocycles. The molecule has 1 aliphatic heterocycles. The fourth-order valence-electron chi connectivity index (χ4n) is 2.66. The second-order valence-electron chi connectivity index (χ2n) is 6.27. The first-order valence-electron chi connectivity index (χ1n) is 7.69. The zero-order valence-corrected chi connectivity index (χ0v) is 13.4. The first-order chi connectivity index (χ1) is 10.4. The smallest absolute Gasteiger partial charge is 0.321 e. The maximum atomic E-state index is 12.3.